The highest BCUT2D eigenvalue weighted by molar-refractivity contribution is 5.67. The quantitative estimate of drug-likeness (QED) is 0.865. The summed E-state index contributed by atoms with van der Waals surface area (Å²) < 4.78 is 26.4. The molecule has 2 unspecified atom stereocenters. The smallest absolute Gasteiger partial charge is 0.304 e. The number of carboxylic acids is 1. The van der Waals surface area contributed by atoms with E-state index in [0.717, 1.165) is 17.5 Å². The third-order valence-corrected chi connectivity index (χ3v) is 3.56. The Kier molecular flexibility index (Phi) is 3.61. The number of carboxylic acid groups (broad SMARTS) is 1. The maximum absolute atomic E-state index is 13.3. The summed E-state index contributed by atoms with van der Waals surface area (Å²) in [5.41, 5.74) is 1.51. The van der Waals surface area contributed by atoms with Gasteiger partial charge in [0.1, 0.15) is 0 Å². The first-order valence-corrected chi connectivity index (χ1v) is 5.89. The lowest BCUT2D eigenvalue weighted by molar-refractivity contribution is -0.137. The van der Waals surface area contributed by atoms with Crippen molar-refractivity contribution >= 4 is 5.97 Å². The molecule has 0 heterocycles. The molecule has 2 N–H and O–H groups in total. The van der Waals surface area contributed by atoms with Gasteiger partial charge in [0, 0.05) is 12.0 Å². The predicted octanol–water partition coefficient (Wildman–Crippen LogP) is 2.06. The summed E-state index contributed by atoms with van der Waals surface area (Å²) in [7, 11) is 1.69. The Hall–Kier alpha value is -1.49. The highest BCUT2D eigenvalue weighted by atomic mass is 19.2. The van der Waals surface area contributed by atoms with Crippen LogP contribution in [0.5, 0.6) is 0 Å². The van der Waals surface area contributed by atoms with Crippen molar-refractivity contribution in [1.82, 2.24) is 5.32 Å². The van der Waals surface area contributed by atoms with Crippen LogP contribution >= 0.6 is 0 Å². The molecule has 2 atom stereocenters. The van der Waals surface area contributed by atoms with Crippen molar-refractivity contribution in [3.63, 3.8) is 0 Å². The maximum Gasteiger partial charge on any atom is 0.304 e. The summed E-state index contributed by atoms with van der Waals surface area (Å²) in [5.74, 6) is -2.68. The van der Waals surface area contributed by atoms with Crippen molar-refractivity contribution in [3.05, 3.63) is 34.9 Å². The molecule has 0 fully saturated rings. The van der Waals surface area contributed by atoms with E-state index in [1.54, 1.807) is 7.05 Å². The van der Waals surface area contributed by atoms with Crippen LogP contribution in [0, 0.1) is 11.6 Å². The number of likely N-dealkylation sites (N-methyl/N-ethyl adjacent to an activating group) is 1. The molecule has 0 saturated heterocycles. The molecule has 3 nitrogen and oxygen atoms in total. The number of nitrogens with one attached hydrogen (secondary N) is 1. The van der Waals surface area contributed by atoms with Gasteiger partial charge in [-0.25, -0.2) is 8.78 Å². The van der Waals surface area contributed by atoms with Crippen molar-refractivity contribution in [3.8, 4) is 0 Å². The predicted molar refractivity (Wildman–Crippen MR) is 62.5 cm³/mol. The van der Waals surface area contributed by atoms with Gasteiger partial charge in [-0.1, -0.05) is 0 Å². The topological polar surface area (TPSA) is 49.3 Å². The van der Waals surface area contributed by atoms with Crippen molar-refractivity contribution in [1.29, 1.82) is 0 Å². The van der Waals surface area contributed by atoms with E-state index >= 15 is 0 Å². The van der Waals surface area contributed by atoms with Crippen LogP contribution in [0.1, 0.15) is 29.9 Å². The number of aliphatic carboxylic acids is 1. The van der Waals surface area contributed by atoms with E-state index in [-0.39, 0.29) is 18.4 Å². The molecule has 0 aliphatic heterocycles. The summed E-state index contributed by atoms with van der Waals surface area (Å²) in [6, 6.07) is 2.17. The van der Waals surface area contributed by atoms with Gasteiger partial charge in [0.2, 0.25) is 0 Å². The number of rotatable bonds is 4. The molecule has 0 saturated carbocycles. The van der Waals surface area contributed by atoms with Crippen LogP contribution in [0.4, 0.5) is 8.78 Å². The molecule has 98 valence electrons. The highest BCUT2D eigenvalue weighted by Crippen LogP contribution is 2.37. The second-order valence-electron chi connectivity index (χ2n) is 4.60. The van der Waals surface area contributed by atoms with Crippen LogP contribution in [-0.4, -0.2) is 24.2 Å². The van der Waals surface area contributed by atoms with Gasteiger partial charge in [0.05, 0.1) is 6.42 Å². The zero-order chi connectivity index (χ0) is 13.3. The Morgan fingerprint density at radius 2 is 2.17 bits per heavy atom. The Bertz CT molecular complexity index is 476. The molecule has 0 bridgehead atoms. The zero-order valence-corrected chi connectivity index (χ0v) is 10.0. The average Bonchev–Trinajstić information content (AvgIpc) is 2.69. The molecule has 1 aromatic rings. The van der Waals surface area contributed by atoms with Gasteiger partial charge in [0.25, 0.3) is 0 Å². The van der Waals surface area contributed by atoms with Gasteiger partial charge in [-0.05, 0) is 43.1 Å². The van der Waals surface area contributed by atoms with Crippen LogP contribution < -0.4 is 5.32 Å². The molecular weight excluding hydrogens is 240 g/mol. The molecule has 0 radical (unpaired) electrons. The Morgan fingerprint density at radius 1 is 1.50 bits per heavy atom. The van der Waals surface area contributed by atoms with E-state index in [2.05, 4.69) is 5.32 Å². The number of benzene rings is 1. The first-order chi connectivity index (χ1) is 8.52. The second-order valence-corrected chi connectivity index (χ2v) is 4.60. The molecule has 2 rings (SSSR count). The maximum atomic E-state index is 13.3. The fourth-order valence-electron chi connectivity index (χ4n) is 2.68. The first kappa shape index (κ1) is 13.0. The molecule has 1 aliphatic carbocycles. The molecule has 0 spiro atoms. The number of fused-ring (bicyclic) bond motifs is 1. The van der Waals surface area contributed by atoms with Gasteiger partial charge in [-0.15, -0.1) is 0 Å². The third-order valence-electron chi connectivity index (χ3n) is 3.56. The van der Waals surface area contributed by atoms with Crippen LogP contribution in [0.25, 0.3) is 0 Å². The SMILES string of the molecule is CNC(CC(=O)O)C1CCc2cc(F)c(F)cc21. The lowest BCUT2D eigenvalue weighted by atomic mass is 9.91. The Labute approximate surface area is 104 Å². The molecule has 18 heavy (non-hydrogen) atoms. The van der Waals surface area contributed by atoms with Gasteiger partial charge in [0.15, 0.2) is 11.6 Å². The van der Waals surface area contributed by atoms with Gasteiger partial charge < -0.3 is 10.4 Å². The van der Waals surface area contributed by atoms with E-state index in [0.29, 0.717) is 6.42 Å². The summed E-state index contributed by atoms with van der Waals surface area (Å²) >= 11 is 0. The fraction of sp³-hybridized carbons (Fsp3) is 0.462. The van der Waals surface area contributed by atoms with Crippen LogP contribution in [0.2, 0.25) is 0 Å². The molecule has 0 amide bonds. The van der Waals surface area contributed by atoms with Crippen LogP contribution in [0.15, 0.2) is 12.1 Å². The summed E-state index contributed by atoms with van der Waals surface area (Å²) in [4.78, 5) is 10.8. The first-order valence-electron chi connectivity index (χ1n) is 5.89. The van der Waals surface area contributed by atoms with Crippen molar-refractivity contribution < 1.29 is 18.7 Å². The molecule has 1 aromatic carbocycles. The van der Waals surface area contributed by atoms with Crippen molar-refractivity contribution in [2.24, 2.45) is 0 Å². The zero-order valence-electron chi connectivity index (χ0n) is 10.0. The summed E-state index contributed by atoms with van der Waals surface area (Å²) in [6.07, 6.45) is 1.35. The largest absolute Gasteiger partial charge is 0.481 e. The summed E-state index contributed by atoms with van der Waals surface area (Å²) in [6.45, 7) is 0. The fourth-order valence-corrected chi connectivity index (χ4v) is 2.68. The normalized spacial score (nSPS) is 19.6. The monoisotopic (exact) mass is 255 g/mol. The van der Waals surface area contributed by atoms with Crippen LogP contribution in [-0.2, 0) is 11.2 Å². The average molecular weight is 255 g/mol. The Morgan fingerprint density at radius 3 is 2.78 bits per heavy atom. The number of carbonyl (C=O) groups is 1. The van der Waals surface area contributed by atoms with Crippen LogP contribution in [0.3, 0.4) is 0 Å². The van der Waals surface area contributed by atoms with Gasteiger partial charge in [-0.2, -0.15) is 0 Å². The number of hydrogen-bond acceptors (Lipinski definition) is 2. The van der Waals surface area contributed by atoms with E-state index in [9.17, 15) is 13.6 Å². The molecular formula is C13H15F2NO2. The van der Waals surface area contributed by atoms with E-state index in [1.165, 1.54) is 12.1 Å². The minimum Gasteiger partial charge on any atom is -0.481 e. The van der Waals surface area contributed by atoms with Gasteiger partial charge >= 0.3 is 5.97 Å². The van der Waals surface area contributed by atoms with Crippen molar-refractivity contribution in [2.45, 2.75) is 31.2 Å². The van der Waals surface area contributed by atoms with E-state index in [4.69, 9.17) is 5.11 Å². The number of hydrogen-bond donors (Lipinski definition) is 2. The minimum atomic E-state index is -0.898. The van der Waals surface area contributed by atoms with E-state index in [1.807, 2.05) is 0 Å². The van der Waals surface area contributed by atoms with E-state index < -0.39 is 17.6 Å². The molecule has 5 heteroatoms. The lowest BCUT2D eigenvalue weighted by Gasteiger charge is -2.22. The second kappa shape index (κ2) is 5.02. The molecule has 1 aliphatic rings. The number of halogens is 2. The minimum absolute atomic E-state index is 0.0282. The van der Waals surface area contributed by atoms with Crippen molar-refractivity contribution in [2.75, 3.05) is 7.05 Å². The lowest BCUT2D eigenvalue weighted by Crippen LogP contribution is -2.33. The molecule has 0 aromatic heterocycles. The highest BCUT2D eigenvalue weighted by Gasteiger charge is 2.31. The Balaban J connectivity index is 2.29. The van der Waals surface area contributed by atoms with Gasteiger partial charge in [-0.3, -0.25) is 4.79 Å². The third kappa shape index (κ3) is 2.36. The number of aryl methyl sites for hydroxylation is 1. The standard InChI is InChI=1S/C13H15F2NO2/c1-16-12(6-13(17)18)8-3-2-7-4-10(14)11(15)5-9(7)8/h4-5,8,12,16H,2-3,6H2,1H3,(H,17,18). The summed E-state index contributed by atoms with van der Waals surface area (Å²) in [5, 5.41) is 11.8.